The lowest BCUT2D eigenvalue weighted by Gasteiger charge is -2.34. The van der Waals surface area contributed by atoms with E-state index in [0.717, 1.165) is 25.0 Å². The summed E-state index contributed by atoms with van der Waals surface area (Å²) in [6, 6.07) is 3.01. The summed E-state index contributed by atoms with van der Waals surface area (Å²) in [4.78, 5) is 38.7. The highest BCUT2D eigenvalue weighted by molar-refractivity contribution is 6.00. The van der Waals surface area contributed by atoms with Crippen molar-refractivity contribution in [3.05, 3.63) is 29.8 Å². The summed E-state index contributed by atoms with van der Waals surface area (Å²) in [5.74, 6) is -3.36. The van der Waals surface area contributed by atoms with Crippen LogP contribution < -0.4 is 4.90 Å². The molecule has 146 valence electrons. The SMILES string of the molecule is O=C(O)CC[C@H]1CCCN(C(=O)[C@@H]2CC(=O)N(c3ccc(F)cc3F)C2)C1. The van der Waals surface area contributed by atoms with E-state index in [4.69, 9.17) is 5.11 Å². The highest BCUT2D eigenvalue weighted by Gasteiger charge is 2.39. The number of halogens is 2. The molecule has 0 radical (unpaired) electrons. The van der Waals surface area contributed by atoms with E-state index in [1.54, 1.807) is 4.90 Å². The van der Waals surface area contributed by atoms with Gasteiger partial charge in [0.1, 0.15) is 11.6 Å². The Kier molecular flexibility index (Phi) is 5.72. The second-order valence-corrected chi connectivity index (χ2v) is 7.23. The average Bonchev–Trinajstić information content (AvgIpc) is 3.01. The second kappa shape index (κ2) is 8.02. The zero-order valence-corrected chi connectivity index (χ0v) is 14.9. The maximum atomic E-state index is 14.0. The van der Waals surface area contributed by atoms with Crippen LogP contribution in [0.3, 0.4) is 0 Å². The number of carboxylic acids is 1. The quantitative estimate of drug-likeness (QED) is 0.851. The zero-order chi connectivity index (χ0) is 19.6. The summed E-state index contributed by atoms with van der Waals surface area (Å²) in [5.41, 5.74) is -0.0188. The number of benzene rings is 1. The standard InChI is InChI=1S/C19H22F2N2O4/c20-14-4-5-16(15(21)9-14)23-11-13(8-17(23)24)19(27)22-7-1-2-12(10-22)3-6-18(25)26/h4-5,9,12-13H,1-3,6-8,10-11H2,(H,25,26)/t12-,13-/m1/s1. The van der Waals surface area contributed by atoms with Crippen molar-refractivity contribution in [1.29, 1.82) is 0 Å². The van der Waals surface area contributed by atoms with E-state index in [-0.39, 0.29) is 42.8 Å². The van der Waals surface area contributed by atoms with Gasteiger partial charge in [-0.1, -0.05) is 0 Å². The Morgan fingerprint density at radius 2 is 2.00 bits per heavy atom. The Morgan fingerprint density at radius 3 is 2.70 bits per heavy atom. The molecule has 8 heteroatoms. The van der Waals surface area contributed by atoms with Crippen LogP contribution in [-0.4, -0.2) is 47.4 Å². The third-order valence-corrected chi connectivity index (χ3v) is 5.27. The molecule has 0 unspecified atom stereocenters. The summed E-state index contributed by atoms with van der Waals surface area (Å²) in [5, 5.41) is 8.82. The van der Waals surface area contributed by atoms with Crippen LogP contribution in [0.4, 0.5) is 14.5 Å². The fourth-order valence-corrected chi connectivity index (χ4v) is 3.89. The zero-order valence-electron chi connectivity index (χ0n) is 14.9. The van der Waals surface area contributed by atoms with E-state index >= 15 is 0 Å². The Hall–Kier alpha value is -2.51. The lowest BCUT2D eigenvalue weighted by molar-refractivity contribution is -0.138. The van der Waals surface area contributed by atoms with Crippen molar-refractivity contribution in [3.8, 4) is 0 Å². The molecule has 1 N–H and O–H groups in total. The molecule has 0 aliphatic carbocycles. The van der Waals surface area contributed by atoms with E-state index in [9.17, 15) is 23.2 Å². The first-order chi connectivity index (χ1) is 12.8. The normalized spacial score (nSPS) is 23.0. The molecule has 2 fully saturated rings. The number of rotatable bonds is 5. The number of likely N-dealkylation sites (tertiary alicyclic amines) is 1. The molecule has 2 saturated heterocycles. The van der Waals surface area contributed by atoms with Gasteiger partial charge in [-0.25, -0.2) is 8.78 Å². The molecular weight excluding hydrogens is 358 g/mol. The summed E-state index contributed by atoms with van der Waals surface area (Å²) >= 11 is 0. The molecule has 1 aromatic carbocycles. The van der Waals surface area contributed by atoms with Crippen molar-refractivity contribution >= 4 is 23.5 Å². The van der Waals surface area contributed by atoms with Gasteiger partial charge in [0.2, 0.25) is 11.8 Å². The maximum Gasteiger partial charge on any atom is 0.303 e. The van der Waals surface area contributed by atoms with Crippen LogP contribution in [0.5, 0.6) is 0 Å². The molecule has 6 nitrogen and oxygen atoms in total. The smallest absolute Gasteiger partial charge is 0.303 e. The average molecular weight is 380 g/mol. The molecule has 0 spiro atoms. The summed E-state index contributed by atoms with van der Waals surface area (Å²) in [6.07, 6.45) is 2.27. The molecule has 3 rings (SSSR count). The number of carbonyl (C=O) groups excluding carboxylic acids is 2. The Balaban J connectivity index is 1.64. The first kappa shape index (κ1) is 19.3. The number of amides is 2. The van der Waals surface area contributed by atoms with Gasteiger partial charge in [-0.15, -0.1) is 0 Å². The molecule has 2 atom stereocenters. The van der Waals surface area contributed by atoms with Crippen LogP contribution >= 0.6 is 0 Å². The Labute approximate surface area is 155 Å². The Morgan fingerprint density at radius 1 is 1.22 bits per heavy atom. The molecular formula is C19H22F2N2O4. The van der Waals surface area contributed by atoms with Gasteiger partial charge in [0.25, 0.3) is 0 Å². The molecule has 0 bridgehead atoms. The van der Waals surface area contributed by atoms with Crippen LogP contribution in [0.2, 0.25) is 0 Å². The topological polar surface area (TPSA) is 77.9 Å². The van der Waals surface area contributed by atoms with Gasteiger partial charge in [-0.05, 0) is 37.3 Å². The third kappa shape index (κ3) is 4.43. The third-order valence-electron chi connectivity index (χ3n) is 5.27. The maximum absolute atomic E-state index is 14.0. The van der Waals surface area contributed by atoms with Crippen LogP contribution in [-0.2, 0) is 14.4 Å². The highest BCUT2D eigenvalue weighted by atomic mass is 19.1. The monoisotopic (exact) mass is 380 g/mol. The summed E-state index contributed by atoms with van der Waals surface area (Å²) in [7, 11) is 0. The molecule has 2 amide bonds. The minimum atomic E-state index is -0.850. The number of hydrogen-bond donors (Lipinski definition) is 1. The molecule has 1 aromatic rings. The van der Waals surface area contributed by atoms with Crippen molar-refractivity contribution in [2.45, 2.75) is 32.1 Å². The number of carboxylic acid groups (broad SMARTS) is 1. The van der Waals surface area contributed by atoms with E-state index in [0.29, 0.717) is 19.5 Å². The minimum absolute atomic E-state index is 0.00799. The van der Waals surface area contributed by atoms with Crippen LogP contribution in [0.1, 0.15) is 32.1 Å². The van der Waals surface area contributed by atoms with Gasteiger partial charge in [-0.2, -0.15) is 0 Å². The lowest BCUT2D eigenvalue weighted by atomic mass is 9.92. The predicted octanol–water partition coefficient (Wildman–Crippen LogP) is 2.42. The molecule has 0 aromatic heterocycles. The van der Waals surface area contributed by atoms with E-state index in [2.05, 4.69) is 0 Å². The van der Waals surface area contributed by atoms with Gasteiger partial charge < -0.3 is 14.9 Å². The van der Waals surface area contributed by atoms with Crippen LogP contribution in [0.25, 0.3) is 0 Å². The second-order valence-electron chi connectivity index (χ2n) is 7.23. The highest BCUT2D eigenvalue weighted by Crippen LogP contribution is 2.30. The van der Waals surface area contributed by atoms with Gasteiger partial charge in [0, 0.05) is 38.5 Å². The lowest BCUT2D eigenvalue weighted by Crippen LogP contribution is -2.43. The molecule has 27 heavy (non-hydrogen) atoms. The van der Waals surface area contributed by atoms with E-state index in [1.165, 1.54) is 11.0 Å². The van der Waals surface area contributed by atoms with Gasteiger partial charge >= 0.3 is 5.97 Å². The van der Waals surface area contributed by atoms with E-state index in [1.807, 2.05) is 0 Å². The van der Waals surface area contributed by atoms with Gasteiger partial charge in [0.05, 0.1) is 11.6 Å². The van der Waals surface area contributed by atoms with Crippen molar-refractivity contribution in [1.82, 2.24) is 4.90 Å². The van der Waals surface area contributed by atoms with Crippen LogP contribution in [0, 0.1) is 23.5 Å². The molecule has 2 heterocycles. The van der Waals surface area contributed by atoms with Crippen molar-refractivity contribution in [2.75, 3.05) is 24.5 Å². The number of nitrogens with zero attached hydrogens (tertiary/aromatic N) is 2. The largest absolute Gasteiger partial charge is 0.481 e. The number of aliphatic carboxylic acids is 1. The molecule has 2 aliphatic rings. The predicted molar refractivity (Wildman–Crippen MR) is 93.0 cm³/mol. The number of carbonyl (C=O) groups is 3. The van der Waals surface area contributed by atoms with Crippen molar-refractivity contribution in [3.63, 3.8) is 0 Å². The summed E-state index contributed by atoms with van der Waals surface area (Å²) in [6.45, 7) is 1.14. The van der Waals surface area contributed by atoms with Crippen molar-refractivity contribution in [2.24, 2.45) is 11.8 Å². The van der Waals surface area contributed by atoms with Crippen molar-refractivity contribution < 1.29 is 28.3 Å². The first-order valence-corrected chi connectivity index (χ1v) is 9.11. The van der Waals surface area contributed by atoms with E-state index < -0.39 is 23.5 Å². The fourth-order valence-electron chi connectivity index (χ4n) is 3.89. The number of piperidine rings is 1. The number of hydrogen-bond acceptors (Lipinski definition) is 3. The van der Waals surface area contributed by atoms with Gasteiger partial charge in [0.15, 0.2) is 0 Å². The molecule has 2 aliphatic heterocycles. The Bertz CT molecular complexity index is 755. The minimum Gasteiger partial charge on any atom is -0.481 e. The number of anilines is 1. The fraction of sp³-hybridized carbons (Fsp3) is 0.526. The van der Waals surface area contributed by atoms with Gasteiger partial charge in [-0.3, -0.25) is 14.4 Å². The first-order valence-electron chi connectivity index (χ1n) is 9.11. The van der Waals surface area contributed by atoms with Crippen LogP contribution in [0.15, 0.2) is 18.2 Å². The molecule has 0 saturated carbocycles. The summed E-state index contributed by atoms with van der Waals surface area (Å²) < 4.78 is 27.1.